The highest BCUT2D eigenvalue weighted by atomic mass is 32.1. The van der Waals surface area contributed by atoms with Gasteiger partial charge in [0.25, 0.3) is 0 Å². The zero-order valence-corrected chi connectivity index (χ0v) is 9.76. The Hall–Kier alpha value is -0.670. The molecule has 3 heteroatoms. The van der Waals surface area contributed by atoms with E-state index in [4.69, 9.17) is 5.73 Å². The van der Waals surface area contributed by atoms with E-state index in [1.807, 2.05) is 6.07 Å². The van der Waals surface area contributed by atoms with Crippen molar-refractivity contribution < 1.29 is 0 Å². The van der Waals surface area contributed by atoms with Gasteiger partial charge in [-0.25, -0.2) is 0 Å². The van der Waals surface area contributed by atoms with E-state index in [0.29, 0.717) is 6.04 Å². The first-order valence-corrected chi connectivity index (χ1v) is 6.01. The van der Waals surface area contributed by atoms with Gasteiger partial charge in [-0.2, -0.15) is 0 Å². The number of nitrogens with two attached hydrogens (primary N) is 1. The van der Waals surface area contributed by atoms with Gasteiger partial charge < -0.3 is 11.1 Å². The first kappa shape index (κ1) is 10.8. The maximum atomic E-state index is 5.73. The molecule has 1 aromatic rings. The van der Waals surface area contributed by atoms with Crippen molar-refractivity contribution in [2.45, 2.75) is 36.6 Å². The Balaban J connectivity index is 2.00. The molecular formula is C12H18N2S. The van der Waals surface area contributed by atoms with Crippen LogP contribution >= 0.6 is 12.6 Å². The fraction of sp³-hybridized carbons (Fsp3) is 0.500. The van der Waals surface area contributed by atoms with Gasteiger partial charge in [-0.3, -0.25) is 0 Å². The molecule has 0 bridgehead atoms. The summed E-state index contributed by atoms with van der Waals surface area (Å²) in [5.74, 6) is 0. The third-order valence-corrected chi connectivity index (χ3v) is 3.38. The van der Waals surface area contributed by atoms with Crippen LogP contribution in [-0.4, -0.2) is 12.6 Å². The van der Waals surface area contributed by atoms with Crippen molar-refractivity contribution in [2.75, 3.05) is 12.3 Å². The van der Waals surface area contributed by atoms with Gasteiger partial charge in [0.05, 0.1) is 0 Å². The standard InChI is InChI=1S/C12H18N2S/c13-11-5-4-9(8-12(11)15)7-10-3-1-2-6-14-10/h4-5,8,10,14-15H,1-3,6-7,13H2. The molecule has 1 aliphatic rings. The first-order chi connectivity index (χ1) is 7.25. The van der Waals surface area contributed by atoms with Crippen molar-refractivity contribution in [1.29, 1.82) is 0 Å². The normalized spacial score (nSPS) is 21.5. The van der Waals surface area contributed by atoms with Crippen LogP contribution in [0.25, 0.3) is 0 Å². The highest BCUT2D eigenvalue weighted by Crippen LogP contribution is 2.20. The molecule has 0 spiro atoms. The molecule has 1 aromatic carbocycles. The molecule has 1 aliphatic heterocycles. The molecule has 2 rings (SSSR count). The van der Waals surface area contributed by atoms with Gasteiger partial charge in [0, 0.05) is 16.6 Å². The maximum absolute atomic E-state index is 5.73. The lowest BCUT2D eigenvalue weighted by atomic mass is 9.98. The van der Waals surface area contributed by atoms with Crippen LogP contribution in [0.1, 0.15) is 24.8 Å². The summed E-state index contributed by atoms with van der Waals surface area (Å²) in [5, 5.41) is 3.55. The van der Waals surface area contributed by atoms with Gasteiger partial charge >= 0.3 is 0 Å². The second kappa shape index (κ2) is 4.90. The molecule has 1 atom stereocenters. The average molecular weight is 222 g/mol. The van der Waals surface area contributed by atoms with Crippen molar-refractivity contribution in [1.82, 2.24) is 5.32 Å². The summed E-state index contributed by atoms with van der Waals surface area (Å²) in [6.07, 6.45) is 5.04. The van der Waals surface area contributed by atoms with Crippen molar-refractivity contribution in [3.8, 4) is 0 Å². The van der Waals surface area contributed by atoms with Gasteiger partial charge in [-0.1, -0.05) is 12.5 Å². The number of hydrogen-bond donors (Lipinski definition) is 3. The molecule has 2 nitrogen and oxygen atoms in total. The minimum atomic E-state index is 0.634. The molecule has 0 saturated carbocycles. The smallest absolute Gasteiger partial charge is 0.0449 e. The molecule has 0 radical (unpaired) electrons. The summed E-state index contributed by atoms with van der Waals surface area (Å²) in [6.45, 7) is 1.16. The fourth-order valence-electron chi connectivity index (χ4n) is 2.10. The lowest BCUT2D eigenvalue weighted by Crippen LogP contribution is -2.35. The van der Waals surface area contributed by atoms with Crippen LogP contribution in [0.4, 0.5) is 5.69 Å². The highest BCUT2D eigenvalue weighted by Gasteiger charge is 2.12. The predicted octanol–water partition coefficient (Wildman–Crippen LogP) is 2.24. The Labute approximate surface area is 96.7 Å². The molecule has 0 aromatic heterocycles. The number of thiol groups is 1. The number of rotatable bonds is 2. The molecular weight excluding hydrogens is 204 g/mol. The molecule has 82 valence electrons. The Kier molecular flexibility index (Phi) is 3.54. The number of piperidine rings is 1. The third kappa shape index (κ3) is 2.89. The predicted molar refractivity (Wildman–Crippen MR) is 67.5 cm³/mol. The topological polar surface area (TPSA) is 38.0 Å². The minimum absolute atomic E-state index is 0.634. The van der Waals surface area contributed by atoms with Gasteiger partial charge in [-0.05, 0) is 43.5 Å². The Morgan fingerprint density at radius 2 is 2.27 bits per heavy atom. The summed E-state index contributed by atoms with van der Waals surface area (Å²) in [7, 11) is 0. The summed E-state index contributed by atoms with van der Waals surface area (Å²) in [4.78, 5) is 0.892. The van der Waals surface area contributed by atoms with Crippen LogP contribution in [0.2, 0.25) is 0 Å². The van der Waals surface area contributed by atoms with E-state index < -0.39 is 0 Å². The lowest BCUT2D eigenvalue weighted by molar-refractivity contribution is 0.399. The largest absolute Gasteiger partial charge is 0.398 e. The van der Waals surface area contributed by atoms with Crippen LogP contribution < -0.4 is 11.1 Å². The number of benzene rings is 1. The van der Waals surface area contributed by atoms with Crippen LogP contribution in [0.5, 0.6) is 0 Å². The first-order valence-electron chi connectivity index (χ1n) is 5.56. The maximum Gasteiger partial charge on any atom is 0.0449 e. The Morgan fingerprint density at radius 1 is 1.40 bits per heavy atom. The third-order valence-electron chi connectivity index (χ3n) is 2.99. The molecule has 1 saturated heterocycles. The fourth-order valence-corrected chi connectivity index (χ4v) is 2.34. The van der Waals surface area contributed by atoms with E-state index in [0.717, 1.165) is 23.5 Å². The van der Waals surface area contributed by atoms with Crippen LogP contribution in [-0.2, 0) is 6.42 Å². The molecule has 0 aliphatic carbocycles. The zero-order chi connectivity index (χ0) is 10.7. The number of anilines is 1. The molecule has 3 N–H and O–H groups in total. The van der Waals surface area contributed by atoms with Gasteiger partial charge in [-0.15, -0.1) is 12.6 Å². The van der Waals surface area contributed by atoms with Crippen molar-refractivity contribution in [3.05, 3.63) is 23.8 Å². The second-order valence-corrected chi connectivity index (χ2v) is 4.73. The van der Waals surface area contributed by atoms with E-state index in [9.17, 15) is 0 Å². The van der Waals surface area contributed by atoms with E-state index in [-0.39, 0.29) is 0 Å². The average Bonchev–Trinajstić information content (AvgIpc) is 2.25. The zero-order valence-electron chi connectivity index (χ0n) is 8.87. The Morgan fingerprint density at radius 3 is 2.93 bits per heavy atom. The van der Waals surface area contributed by atoms with Crippen molar-refractivity contribution in [3.63, 3.8) is 0 Å². The molecule has 0 amide bonds. The summed E-state index contributed by atoms with van der Waals surface area (Å²) < 4.78 is 0. The van der Waals surface area contributed by atoms with Crippen LogP contribution in [0, 0.1) is 0 Å². The van der Waals surface area contributed by atoms with E-state index in [2.05, 4.69) is 30.1 Å². The Bertz CT molecular complexity index is 332. The quantitative estimate of drug-likeness (QED) is 0.530. The number of hydrogen-bond acceptors (Lipinski definition) is 3. The van der Waals surface area contributed by atoms with Crippen molar-refractivity contribution >= 4 is 18.3 Å². The van der Waals surface area contributed by atoms with E-state index in [1.54, 1.807) is 0 Å². The molecule has 1 fully saturated rings. The van der Waals surface area contributed by atoms with Gasteiger partial charge in [0.2, 0.25) is 0 Å². The van der Waals surface area contributed by atoms with Crippen LogP contribution in [0.3, 0.4) is 0 Å². The number of nitrogens with one attached hydrogen (secondary N) is 1. The molecule has 15 heavy (non-hydrogen) atoms. The highest BCUT2D eigenvalue weighted by molar-refractivity contribution is 7.80. The monoisotopic (exact) mass is 222 g/mol. The van der Waals surface area contributed by atoms with Gasteiger partial charge in [0.15, 0.2) is 0 Å². The van der Waals surface area contributed by atoms with Crippen molar-refractivity contribution in [2.24, 2.45) is 0 Å². The lowest BCUT2D eigenvalue weighted by Gasteiger charge is -2.23. The summed E-state index contributed by atoms with van der Waals surface area (Å²) >= 11 is 4.34. The summed E-state index contributed by atoms with van der Waals surface area (Å²) in [6, 6.07) is 6.76. The van der Waals surface area contributed by atoms with Gasteiger partial charge in [0.1, 0.15) is 0 Å². The van der Waals surface area contributed by atoms with E-state index >= 15 is 0 Å². The summed E-state index contributed by atoms with van der Waals surface area (Å²) in [5.41, 5.74) is 7.82. The second-order valence-electron chi connectivity index (χ2n) is 4.24. The molecule has 1 heterocycles. The minimum Gasteiger partial charge on any atom is -0.398 e. The van der Waals surface area contributed by atoms with E-state index in [1.165, 1.54) is 24.8 Å². The van der Waals surface area contributed by atoms with Crippen LogP contribution in [0.15, 0.2) is 23.1 Å². The number of nitrogen functional groups attached to an aromatic ring is 1. The molecule has 1 unspecified atom stereocenters. The SMILES string of the molecule is Nc1ccc(CC2CCCCN2)cc1S.